The van der Waals surface area contributed by atoms with Crippen molar-refractivity contribution in [2.24, 2.45) is 5.73 Å². The number of rotatable bonds is 7. The standard InChI is InChI=1S/C22H19Cl2N9O2/c1-11-7-13(23)8-15(19(25)34)18(11)27-22(35)17-9-14(10-32-30-20(28-31-32)12-4-5-12)29-33(17)21-16(24)3-2-6-26-21/h2-3,6-9,12H,4-5,10H2,1H3,(H2,25,34)(H,27,35). The number of carbonyl (C=O) groups is 2. The van der Waals surface area contributed by atoms with Gasteiger partial charge in [0.25, 0.3) is 11.8 Å². The SMILES string of the molecule is Cc1cc(Cl)cc(C(N)=O)c1NC(=O)c1cc(Cn2nnc(C3CC3)n2)nn1-c1ncccc1Cl. The summed E-state index contributed by atoms with van der Waals surface area (Å²) in [6, 6.07) is 7.91. The van der Waals surface area contributed by atoms with Gasteiger partial charge in [0.2, 0.25) is 0 Å². The van der Waals surface area contributed by atoms with Crippen LogP contribution in [0.4, 0.5) is 5.69 Å². The van der Waals surface area contributed by atoms with E-state index in [2.05, 4.69) is 30.8 Å². The second-order valence-electron chi connectivity index (χ2n) is 8.16. The first kappa shape index (κ1) is 22.9. The first-order valence-electron chi connectivity index (χ1n) is 10.7. The average molecular weight is 512 g/mol. The van der Waals surface area contributed by atoms with Crippen molar-refractivity contribution in [2.45, 2.75) is 32.2 Å². The summed E-state index contributed by atoms with van der Waals surface area (Å²) in [6.07, 6.45) is 3.65. The highest BCUT2D eigenvalue weighted by Crippen LogP contribution is 2.37. The normalized spacial score (nSPS) is 13.1. The van der Waals surface area contributed by atoms with Crippen LogP contribution in [0, 0.1) is 6.92 Å². The van der Waals surface area contributed by atoms with Crippen molar-refractivity contribution in [3.05, 3.63) is 74.9 Å². The van der Waals surface area contributed by atoms with Crippen LogP contribution in [0.15, 0.2) is 36.5 Å². The Balaban J connectivity index is 1.52. The molecular formula is C22H19Cl2N9O2. The monoisotopic (exact) mass is 511 g/mol. The van der Waals surface area contributed by atoms with Gasteiger partial charge in [0.05, 0.1) is 22.0 Å². The summed E-state index contributed by atoms with van der Waals surface area (Å²) in [5.74, 6) is 0.0448. The highest BCUT2D eigenvalue weighted by atomic mass is 35.5. The van der Waals surface area contributed by atoms with Gasteiger partial charge in [-0.15, -0.1) is 10.2 Å². The van der Waals surface area contributed by atoms with E-state index in [4.69, 9.17) is 28.9 Å². The summed E-state index contributed by atoms with van der Waals surface area (Å²) in [7, 11) is 0. The molecule has 1 aliphatic carbocycles. The highest BCUT2D eigenvalue weighted by Gasteiger charge is 2.28. The minimum absolute atomic E-state index is 0.0879. The number of pyridine rings is 1. The minimum Gasteiger partial charge on any atom is -0.366 e. The van der Waals surface area contributed by atoms with E-state index in [1.54, 1.807) is 37.4 Å². The number of hydrogen-bond acceptors (Lipinski definition) is 7. The molecule has 0 aliphatic heterocycles. The number of amides is 2. The van der Waals surface area contributed by atoms with E-state index in [9.17, 15) is 9.59 Å². The molecule has 0 bridgehead atoms. The molecule has 1 aliphatic rings. The van der Waals surface area contributed by atoms with Gasteiger partial charge < -0.3 is 11.1 Å². The number of benzene rings is 1. The lowest BCUT2D eigenvalue weighted by molar-refractivity contribution is 0.100. The molecular weight excluding hydrogens is 493 g/mol. The van der Waals surface area contributed by atoms with E-state index in [0.29, 0.717) is 33.0 Å². The molecule has 2 amide bonds. The molecule has 1 saturated carbocycles. The van der Waals surface area contributed by atoms with Crippen molar-refractivity contribution < 1.29 is 9.59 Å². The van der Waals surface area contributed by atoms with Crippen molar-refractivity contribution in [2.75, 3.05) is 5.32 Å². The number of hydrogen-bond donors (Lipinski definition) is 2. The van der Waals surface area contributed by atoms with E-state index in [1.807, 2.05) is 0 Å². The van der Waals surface area contributed by atoms with E-state index in [-0.39, 0.29) is 29.3 Å². The number of primary amides is 1. The largest absolute Gasteiger partial charge is 0.366 e. The number of nitrogens with zero attached hydrogens (tertiary/aromatic N) is 7. The lowest BCUT2D eigenvalue weighted by atomic mass is 10.1. The Morgan fingerprint density at radius 3 is 2.71 bits per heavy atom. The van der Waals surface area contributed by atoms with E-state index in [1.165, 1.54) is 15.5 Å². The number of carbonyl (C=O) groups excluding carboxylic acids is 2. The highest BCUT2D eigenvalue weighted by molar-refractivity contribution is 6.32. The third-order valence-corrected chi connectivity index (χ3v) is 5.96. The van der Waals surface area contributed by atoms with Crippen molar-refractivity contribution in [3.8, 4) is 5.82 Å². The number of nitrogens with one attached hydrogen (secondary N) is 1. The second-order valence-corrected chi connectivity index (χ2v) is 9.00. The molecule has 3 aromatic heterocycles. The number of tetrazole rings is 1. The van der Waals surface area contributed by atoms with Gasteiger partial charge in [-0.2, -0.15) is 9.90 Å². The Bertz CT molecular complexity index is 1460. The molecule has 0 saturated heterocycles. The molecule has 0 spiro atoms. The van der Waals surface area contributed by atoms with Gasteiger partial charge in [-0.3, -0.25) is 9.59 Å². The summed E-state index contributed by atoms with van der Waals surface area (Å²) in [6.45, 7) is 1.89. The molecule has 5 rings (SSSR count). The van der Waals surface area contributed by atoms with Crippen molar-refractivity contribution >= 4 is 40.7 Å². The molecule has 35 heavy (non-hydrogen) atoms. The quantitative estimate of drug-likeness (QED) is 0.387. The molecule has 0 atom stereocenters. The molecule has 1 fully saturated rings. The van der Waals surface area contributed by atoms with Crippen LogP contribution in [-0.2, 0) is 6.54 Å². The Morgan fingerprint density at radius 2 is 2.00 bits per heavy atom. The Labute approximate surface area is 209 Å². The smallest absolute Gasteiger partial charge is 0.274 e. The average Bonchev–Trinajstić information content (AvgIpc) is 3.42. The first-order chi connectivity index (χ1) is 16.8. The first-order valence-corrected chi connectivity index (χ1v) is 11.4. The van der Waals surface area contributed by atoms with E-state index < -0.39 is 11.8 Å². The van der Waals surface area contributed by atoms with E-state index >= 15 is 0 Å². The zero-order chi connectivity index (χ0) is 24.7. The van der Waals surface area contributed by atoms with Crippen LogP contribution in [0.25, 0.3) is 5.82 Å². The maximum Gasteiger partial charge on any atom is 0.274 e. The number of anilines is 1. The maximum atomic E-state index is 13.4. The number of nitrogens with two attached hydrogens (primary N) is 1. The third-order valence-electron chi connectivity index (χ3n) is 5.45. The molecule has 13 heteroatoms. The number of halogens is 2. The third kappa shape index (κ3) is 4.73. The summed E-state index contributed by atoms with van der Waals surface area (Å²) >= 11 is 12.4. The summed E-state index contributed by atoms with van der Waals surface area (Å²) in [5.41, 5.74) is 7.04. The van der Waals surface area contributed by atoms with Crippen LogP contribution < -0.4 is 11.1 Å². The fourth-order valence-electron chi connectivity index (χ4n) is 3.62. The van der Waals surface area contributed by atoms with Crippen LogP contribution >= 0.6 is 23.2 Å². The van der Waals surface area contributed by atoms with Gasteiger partial charge in [0.1, 0.15) is 12.2 Å². The molecule has 1 aromatic carbocycles. The molecule has 178 valence electrons. The maximum absolute atomic E-state index is 13.4. The van der Waals surface area contributed by atoms with Crippen molar-refractivity contribution in [1.29, 1.82) is 0 Å². The Morgan fingerprint density at radius 1 is 1.20 bits per heavy atom. The zero-order valence-corrected chi connectivity index (χ0v) is 20.0. The molecule has 0 radical (unpaired) electrons. The lowest BCUT2D eigenvalue weighted by Crippen LogP contribution is -2.21. The van der Waals surface area contributed by atoms with Crippen LogP contribution in [0.3, 0.4) is 0 Å². The van der Waals surface area contributed by atoms with Gasteiger partial charge >= 0.3 is 0 Å². The summed E-state index contributed by atoms with van der Waals surface area (Å²) < 4.78 is 1.33. The van der Waals surface area contributed by atoms with Gasteiger partial charge in [-0.1, -0.05) is 23.2 Å². The fraction of sp³-hybridized carbons (Fsp3) is 0.227. The number of aryl methyl sites for hydroxylation is 1. The van der Waals surface area contributed by atoms with Gasteiger partial charge in [0, 0.05) is 17.1 Å². The van der Waals surface area contributed by atoms with Crippen LogP contribution in [0.5, 0.6) is 0 Å². The predicted molar refractivity (Wildman–Crippen MR) is 128 cm³/mol. The van der Waals surface area contributed by atoms with Crippen LogP contribution in [-0.4, -0.2) is 46.8 Å². The van der Waals surface area contributed by atoms with Gasteiger partial charge in [-0.05, 0) is 60.9 Å². The molecule has 3 N–H and O–H groups in total. The van der Waals surface area contributed by atoms with Crippen LogP contribution in [0.1, 0.15) is 56.7 Å². The lowest BCUT2D eigenvalue weighted by Gasteiger charge is -2.13. The topological polar surface area (TPSA) is 146 Å². The second kappa shape index (κ2) is 9.08. The van der Waals surface area contributed by atoms with Gasteiger partial charge in [-0.25, -0.2) is 9.67 Å². The molecule has 0 unspecified atom stereocenters. The Hall–Kier alpha value is -3.83. The molecule has 11 nitrogen and oxygen atoms in total. The molecule has 3 heterocycles. The predicted octanol–water partition coefficient (Wildman–Crippen LogP) is 3.15. The molecule has 4 aromatic rings. The van der Waals surface area contributed by atoms with Gasteiger partial charge in [0.15, 0.2) is 11.6 Å². The summed E-state index contributed by atoms with van der Waals surface area (Å²) in [4.78, 5) is 31.1. The minimum atomic E-state index is -0.725. The fourth-order valence-corrected chi connectivity index (χ4v) is 4.09. The van der Waals surface area contributed by atoms with E-state index in [0.717, 1.165) is 12.8 Å². The number of aromatic nitrogens is 7. The van der Waals surface area contributed by atoms with Crippen molar-refractivity contribution in [1.82, 2.24) is 35.0 Å². The zero-order valence-electron chi connectivity index (χ0n) is 18.4. The van der Waals surface area contributed by atoms with Crippen LogP contribution in [0.2, 0.25) is 10.0 Å². The summed E-state index contributed by atoms with van der Waals surface area (Å²) in [5, 5.41) is 20.5. The Kier molecular flexibility index (Phi) is 5.95. The van der Waals surface area contributed by atoms with Crippen molar-refractivity contribution in [3.63, 3.8) is 0 Å².